The summed E-state index contributed by atoms with van der Waals surface area (Å²) in [7, 11) is 0. The molecule has 0 saturated carbocycles. The van der Waals surface area contributed by atoms with Gasteiger partial charge >= 0.3 is 0 Å². The molecular formula is C27H25BrN6O3. The lowest BCUT2D eigenvalue weighted by Crippen LogP contribution is -2.30. The quantitative estimate of drug-likeness (QED) is 0.275. The largest absolute Gasteiger partial charge is 0.457 e. The van der Waals surface area contributed by atoms with Crippen LogP contribution in [-0.2, 0) is 4.79 Å². The van der Waals surface area contributed by atoms with Crippen LogP contribution in [0.2, 0.25) is 0 Å². The Bertz CT molecular complexity index is 1430. The second kappa shape index (κ2) is 11.3. The van der Waals surface area contributed by atoms with E-state index < -0.39 is 0 Å². The first-order chi connectivity index (χ1) is 18.0. The number of carbonyl (C=O) groups excluding carboxylic acids is 2. The Kier molecular flexibility index (Phi) is 7.55. The molecule has 37 heavy (non-hydrogen) atoms. The summed E-state index contributed by atoms with van der Waals surface area (Å²) in [5.74, 6) is 1.50. The van der Waals surface area contributed by atoms with Gasteiger partial charge in [-0.2, -0.15) is 0 Å². The van der Waals surface area contributed by atoms with Crippen molar-refractivity contribution in [3.05, 3.63) is 77.2 Å². The van der Waals surface area contributed by atoms with Crippen LogP contribution in [0.5, 0.6) is 11.5 Å². The van der Waals surface area contributed by atoms with E-state index in [0.29, 0.717) is 43.4 Å². The lowest BCUT2D eigenvalue weighted by atomic mass is 10.2. The number of ether oxygens (including phenoxy) is 1. The number of fused-ring (bicyclic) bond motifs is 1. The lowest BCUT2D eigenvalue weighted by molar-refractivity contribution is -0.127. The molecule has 1 fully saturated rings. The molecule has 5 rings (SSSR count). The normalized spacial score (nSPS) is 13.1. The van der Waals surface area contributed by atoms with Gasteiger partial charge in [-0.3, -0.25) is 14.6 Å². The molecule has 10 heteroatoms. The van der Waals surface area contributed by atoms with Gasteiger partial charge in [-0.25, -0.2) is 9.97 Å². The smallest absolute Gasteiger partial charge is 0.270 e. The molecule has 0 radical (unpaired) electrons. The maximum absolute atomic E-state index is 12.5. The number of hydrogen-bond acceptors (Lipinski definition) is 7. The molecule has 4 aromatic rings. The number of likely N-dealkylation sites (tertiary alicyclic amines) is 1. The fourth-order valence-electron chi connectivity index (χ4n) is 4.04. The van der Waals surface area contributed by atoms with Gasteiger partial charge in [0.05, 0.1) is 5.52 Å². The van der Waals surface area contributed by atoms with Crippen molar-refractivity contribution in [1.82, 2.24) is 25.2 Å². The molecule has 0 unspecified atom stereocenters. The van der Waals surface area contributed by atoms with Crippen molar-refractivity contribution in [2.75, 3.05) is 25.0 Å². The van der Waals surface area contributed by atoms with E-state index in [1.54, 1.807) is 18.3 Å². The molecule has 0 aliphatic carbocycles. The summed E-state index contributed by atoms with van der Waals surface area (Å²) in [5.41, 5.74) is 1.93. The van der Waals surface area contributed by atoms with Gasteiger partial charge in [0, 0.05) is 60.1 Å². The lowest BCUT2D eigenvalue weighted by Gasteiger charge is -2.15. The van der Waals surface area contributed by atoms with Crippen LogP contribution in [0, 0.1) is 0 Å². The van der Waals surface area contributed by atoms with E-state index in [1.165, 1.54) is 6.20 Å². The summed E-state index contributed by atoms with van der Waals surface area (Å²) >= 11 is 3.42. The van der Waals surface area contributed by atoms with E-state index in [2.05, 4.69) is 41.5 Å². The van der Waals surface area contributed by atoms with Gasteiger partial charge in [-0.05, 0) is 61.4 Å². The Morgan fingerprint density at radius 1 is 1.05 bits per heavy atom. The summed E-state index contributed by atoms with van der Waals surface area (Å²) in [6, 6.07) is 16.6. The van der Waals surface area contributed by atoms with Crippen LogP contribution < -0.4 is 15.4 Å². The van der Waals surface area contributed by atoms with Crippen molar-refractivity contribution in [3.8, 4) is 11.5 Å². The van der Waals surface area contributed by atoms with E-state index in [9.17, 15) is 9.59 Å². The first kappa shape index (κ1) is 24.6. The number of rotatable bonds is 9. The Morgan fingerprint density at radius 2 is 1.89 bits per heavy atom. The molecule has 188 valence electrons. The minimum atomic E-state index is -0.282. The van der Waals surface area contributed by atoms with Gasteiger partial charge in [-0.1, -0.05) is 15.9 Å². The highest BCUT2D eigenvalue weighted by atomic mass is 79.9. The highest BCUT2D eigenvalue weighted by molar-refractivity contribution is 9.10. The molecule has 9 nitrogen and oxygen atoms in total. The Labute approximate surface area is 222 Å². The number of nitrogens with one attached hydrogen (secondary N) is 2. The number of aromatic nitrogens is 3. The number of halogens is 1. The van der Waals surface area contributed by atoms with Crippen molar-refractivity contribution >= 4 is 50.3 Å². The zero-order valence-electron chi connectivity index (χ0n) is 20.0. The van der Waals surface area contributed by atoms with Crippen LogP contribution in [0.15, 0.2) is 71.5 Å². The van der Waals surface area contributed by atoms with Crippen molar-refractivity contribution in [3.63, 3.8) is 0 Å². The van der Waals surface area contributed by atoms with Crippen LogP contribution in [0.3, 0.4) is 0 Å². The van der Waals surface area contributed by atoms with Gasteiger partial charge in [0.25, 0.3) is 5.91 Å². The van der Waals surface area contributed by atoms with Crippen molar-refractivity contribution in [2.45, 2.75) is 19.3 Å². The first-order valence-electron chi connectivity index (χ1n) is 12.0. The molecule has 0 atom stereocenters. The van der Waals surface area contributed by atoms with Crippen molar-refractivity contribution < 1.29 is 14.3 Å². The summed E-state index contributed by atoms with van der Waals surface area (Å²) in [4.78, 5) is 39.2. The highest BCUT2D eigenvalue weighted by Crippen LogP contribution is 2.26. The molecule has 1 aliphatic heterocycles. The fraction of sp³-hybridized carbons (Fsp3) is 0.222. The molecule has 1 saturated heterocycles. The number of anilines is 2. The second-order valence-corrected chi connectivity index (χ2v) is 9.53. The number of hydrogen-bond donors (Lipinski definition) is 2. The molecule has 0 bridgehead atoms. The molecule has 2 N–H and O–H groups in total. The fourth-order valence-corrected chi connectivity index (χ4v) is 4.30. The second-order valence-electron chi connectivity index (χ2n) is 8.62. The minimum Gasteiger partial charge on any atom is -0.457 e. The number of benzene rings is 2. The van der Waals surface area contributed by atoms with Crippen LogP contribution in [-0.4, -0.2) is 51.3 Å². The van der Waals surface area contributed by atoms with Gasteiger partial charge in [-0.15, -0.1) is 0 Å². The average molecular weight is 561 g/mol. The topological polar surface area (TPSA) is 109 Å². The Balaban J connectivity index is 1.18. The van der Waals surface area contributed by atoms with E-state index in [0.717, 1.165) is 34.0 Å². The van der Waals surface area contributed by atoms with Gasteiger partial charge in [0.15, 0.2) is 0 Å². The summed E-state index contributed by atoms with van der Waals surface area (Å²) in [6.45, 7) is 1.93. The monoisotopic (exact) mass is 560 g/mol. The van der Waals surface area contributed by atoms with Crippen LogP contribution >= 0.6 is 15.9 Å². The number of nitrogens with zero attached hydrogens (tertiary/aromatic N) is 4. The molecule has 2 aromatic carbocycles. The highest BCUT2D eigenvalue weighted by Gasteiger charge is 2.19. The summed E-state index contributed by atoms with van der Waals surface area (Å²) < 4.78 is 6.98. The predicted octanol–water partition coefficient (Wildman–Crippen LogP) is 5.07. The first-order valence-corrected chi connectivity index (χ1v) is 12.8. The number of pyridine rings is 1. The minimum absolute atomic E-state index is 0.191. The van der Waals surface area contributed by atoms with Gasteiger partial charge in [0.1, 0.15) is 17.2 Å². The van der Waals surface area contributed by atoms with E-state index in [1.807, 2.05) is 47.4 Å². The standard InChI is InChI=1S/C27H25BrN6O3/c28-19-4-6-20(7-5-19)32-27-31-17-18-15-21(8-9-23(18)33-27)37-22-10-12-29-24(16-22)26(36)30-11-2-14-34-13-1-3-25(34)35/h4-10,12,15-17H,1-3,11,13-14H2,(H,30,36)(H,31,32,33). The van der Waals surface area contributed by atoms with Crippen LogP contribution in [0.25, 0.3) is 10.9 Å². The van der Waals surface area contributed by atoms with Gasteiger partial charge in [0.2, 0.25) is 11.9 Å². The molecule has 2 amide bonds. The van der Waals surface area contributed by atoms with E-state index >= 15 is 0 Å². The van der Waals surface area contributed by atoms with Crippen molar-refractivity contribution in [2.24, 2.45) is 0 Å². The van der Waals surface area contributed by atoms with Gasteiger partial charge < -0.3 is 20.3 Å². The number of amides is 2. The summed E-state index contributed by atoms with van der Waals surface area (Å²) in [6.07, 6.45) is 5.51. The maximum atomic E-state index is 12.5. The molecule has 3 heterocycles. The average Bonchev–Trinajstić information content (AvgIpc) is 3.32. The van der Waals surface area contributed by atoms with Crippen molar-refractivity contribution in [1.29, 1.82) is 0 Å². The predicted molar refractivity (Wildman–Crippen MR) is 144 cm³/mol. The maximum Gasteiger partial charge on any atom is 0.270 e. The third kappa shape index (κ3) is 6.39. The summed E-state index contributed by atoms with van der Waals surface area (Å²) in [5, 5.41) is 6.87. The van der Waals surface area contributed by atoms with Crippen LogP contribution in [0.4, 0.5) is 11.6 Å². The zero-order valence-corrected chi connectivity index (χ0v) is 21.6. The molecule has 0 spiro atoms. The Morgan fingerprint density at radius 3 is 2.70 bits per heavy atom. The molecule has 2 aromatic heterocycles. The molecular weight excluding hydrogens is 536 g/mol. The Hall–Kier alpha value is -4.05. The molecule has 1 aliphatic rings. The van der Waals surface area contributed by atoms with Crippen LogP contribution in [0.1, 0.15) is 29.8 Å². The third-order valence-electron chi connectivity index (χ3n) is 5.91. The zero-order chi connectivity index (χ0) is 25.6. The van der Waals surface area contributed by atoms with E-state index in [-0.39, 0.29) is 17.5 Å². The third-order valence-corrected chi connectivity index (χ3v) is 6.44. The number of carbonyl (C=O) groups is 2. The van der Waals surface area contributed by atoms with E-state index in [4.69, 9.17) is 4.74 Å². The SMILES string of the molecule is O=C(NCCCN1CCCC1=O)c1cc(Oc2ccc3nc(Nc4ccc(Br)cc4)ncc3c2)ccn1.